The molecule has 0 amide bonds. The number of nitrogens with zero attached hydrogens (tertiary/aromatic N) is 2. The van der Waals surface area contributed by atoms with Gasteiger partial charge in [-0.2, -0.15) is 4.39 Å². The maximum atomic E-state index is 13.9. The van der Waals surface area contributed by atoms with Crippen molar-refractivity contribution in [1.82, 2.24) is 9.13 Å². The highest BCUT2D eigenvalue weighted by Gasteiger charge is 2.23. The second kappa shape index (κ2) is 11.4. The molecule has 0 spiro atoms. The van der Waals surface area contributed by atoms with Gasteiger partial charge in [-0.05, 0) is 19.3 Å². The molecule has 1 aromatic rings. The molecular formula is C18H23FN2O10. The number of ether oxygens (including phenoxy) is 5. The molecule has 2 unspecified atom stereocenters. The number of esters is 3. The molecule has 0 radical (unpaired) electrons. The Labute approximate surface area is 175 Å². The smallest absolute Gasteiger partial charge is 0.365 e. The maximum absolute atomic E-state index is 13.9. The molecule has 0 N–H and O–H groups in total. The molecule has 13 heteroatoms. The Bertz CT molecular complexity index is 919. The molecule has 0 aliphatic carbocycles. The summed E-state index contributed by atoms with van der Waals surface area (Å²) in [5.74, 6) is -3.87. The van der Waals surface area contributed by atoms with Crippen molar-refractivity contribution in [2.24, 2.45) is 0 Å². The van der Waals surface area contributed by atoms with E-state index in [2.05, 4.69) is 4.74 Å². The Hall–Kier alpha value is -3.06. The van der Waals surface area contributed by atoms with E-state index < -0.39 is 61.0 Å². The van der Waals surface area contributed by atoms with Crippen LogP contribution in [0.1, 0.15) is 45.8 Å². The summed E-state index contributed by atoms with van der Waals surface area (Å²) in [6.07, 6.45) is 1.65. The van der Waals surface area contributed by atoms with Crippen molar-refractivity contribution in [1.29, 1.82) is 0 Å². The molecule has 1 saturated heterocycles. The minimum absolute atomic E-state index is 0.0328. The van der Waals surface area contributed by atoms with Gasteiger partial charge in [0.25, 0.3) is 5.56 Å². The summed E-state index contributed by atoms with van der Waals surface area (Å²) in [6, 6.07) is 0. The van der Waals surface area contributed by atoms with Crippen LogP contribution in [0.2, 0.25) is 0 Å². The predicted molar refractivity (Wildman–Crippen MR) is 97.7 cm³/mol. The normalized spacial score (nSPS) is 16.5. The van der Waals surface area contributed by atoms with Crippen molar-refractivity contribution < 1.29 is 42.5 Å². The molecule has 172 valence electrons. The van der Waals surface area contributed by atoms with Gasteiger partial charge in [0.1, 0.15) is 6.23 Å². The van der Waals surface area contributed by atoms with E-state index in [9.17, 15) is 28.4 Å². The van der Waals surface area contributed by atoms with Gasteiger partial charge in [-0.15, -0.1) is 0 Å². The summed E-state index contributed by atoms with van der Waals surface area (Å²) in [5, 5.41) is 0. The number of carbonyl (C=O) groups excluding carboxylic acids is 3. The van der Waals surface area contributed by atoms with Crippen LogP contribution in [0.4, 0.5) is 4.39 Å². The Kier molecular flexibility index (Phi) is 8.88. The van der Waals surface area contributed by atoms with Gasteiger partial charge in [0.05, 0.1) is 6.20 Å². The Morgan fingerprint density at radius 3 is 2.61 bits per heavy atom. The standard InChI is InChI=1S/C18H23FN2O10/c1-3-5-14(23)31-18(30-11(2)22)28-9-15(24)29-10-21-16(25)12(19)8-20(17(21)26)13-6-4-7-27-13/h8,13,18H,3-7,9-10H2,1-2H3. The van der Waals surface area contributed by atoms with Crippen molar-refractivity contribution in [3.8, 4) is 0 Å². The minimum atomic E-state index is -1.78. The summed E-state index contributed by atoms with van der Waals surface area (Å²) in [4.78, 5) is 58.9. The van der Waals surface area contributed by atoms with Gasteiger partial charge in [-0.1, -0.05) is 6.92 Å². The number of hydrogen-bond donors (Lipinski definition) is 0. The Morgan fingerprint density at radius 2 is 2.00 bits per heavy atom. The lowest BCUT2D eigenvalue weighted by atomic mass is 10.3. The zero-order chi connectivity index (χ0) is 23.0. The van der Waals surface area contributed by atoms with Crippen molar-refractivity contribution in [2.45, 2.75) is 59.0 Å². The zero-order valence-corrected chi connectivity index (χ0v) is 17.0. The summed E-state index contributed by atoms with van der Waals surface area (Å²) >= 11 is 0. The minimum Gasteiger partial charge on any atom is -0.442 e. The van der Waals surface area contributed by atoms with E-state index in [1.807, 2.05) is 0 Å². The van der Waals surface area contributed by atoms with Gasteiger partial charge in [0, 0.05) is 20.0 Å². The highest BCUT2D eigenvalue weighted by atomic mass is 19.1. The van der Waals surface area contributed by atoms with E-state index in [1.165, 1.54) is 0 Å². The molecule has 1 aliphatic rings. The Balaban J connectivity index is 1.99. The van der Waals surface area contributed by atoms with E-state index in [1.54, 1.807) is 6.92 Å². The van der Waals surface area contributed by atoms with Gasteiger partial charge in [-0.25, -0.2) is 14.2 Å². The zero-order valence-electron chi connectivity index (χ0n) is 17.0. The van der Waals surface area contributed by atoms with Crippen LogP contribution >= 0.6 is 0 Å². The SMILES string of the molecule is CCCC(=O)OC(OCC(=O)OCn1c(=O)c(F)cn(C2CCCO2)c1=O)OC(C)=O. The van der Waals surface area contributed by atoms with Crippen LogP contribution < -0.4 is 11.2 Å². The average molecular weight is 446 g/mol. The third kappa shape index (κ3) is 7.00. The lowest BCUT2D eigenvalue weighted by Gasteiger charge is -2.17. The van der Waals surface area contributed by atoms with Crippen LogP contribution in [-0.2, 0) is 44.8 Å². The summed E-state index contributed by atoms with van der Waals surface area (Å²) < 4.78 is 39.6. The van der Waals surface area contributed by atoms with Crippen LogP contribution in [0.3, 0.4) is 0 Å². The molecule has 1 fully saturated rings. The monoisotopic (exact) mass is 446 g/mol. The topological polar surface area (TPSA) is 141 Å². The fourth-order valence-corrected chi connectivity index (χ4v) is 2.60. The first-order valence-corrected chi connectivity index (χ1v) is 9.50. The van der Waals surface area contributed by atoms with Gasteiger partial charge in [0.15, 0.2) is 13.3 Å². The number of hydrogen-bond acceptors (Lipinski definition) is 10. The molecule has 2 atom stereocenters. The largest absolute Gasteiger partial charge is 0.442 e. The highest BCUT2D eigenvalue weighted by Crippen LogP contribution is 2.20. The molecule has 31 heavy (non-hydrogen) atoms. The number of aromatic nitrogens is 2. The highest BCUT2D eigenvalue weighted by molar-refractivity contribution is 5.71. The molecule has 2 rings (SSSR count). The number of carbonyl (C=O) groups is 3. The first-order chi connectivity index (χ1) is 14.7. The average Bonchev–Trinajstić information content (AvgIpc) is 3.23. The fraction of sp³-hybridized carbons (Fsp3) is 0.611. The third-order valence-corrected chi connectivity index (χ3v) is 4.01. The number of rotatable bonds is 10. The molecular weight excluding hydrogens is 423 g/mol. The van der Waals surface area contributed by atoms with Crippen molar-refractivity contribution in [3.05, 3.63) is 32.9 Å². The fourth-order valence-electron chi connectivity index (χ4n) is 2.60. The molecule has 2 heterocycles. The molecule has 1 aromatic heterocycles. The van der Waals surface area contributed by atoms with E-state index >= 15 is 0 Å². The molecule has 0 aromatic carbocycles. The molecule has 0 saturated carbocycles. The van der Waals surface area contributed by atoms with E-state index in [-0.39, 0.29) is 6.42 Å². The first kappa shape index (κ1) is 24.2. The van der Waals surface area contributed by atoms with Crippen LogP contribution in [-0.4, -0.2) is 46.7 Å². The molecule has 1 aliphatic heterocycles. The first-order valence-electron chi connectivity index (χ1n) is 9.50. The molecule has 12 nitrogen and oxygen atoms in total. The van der Waals surface area contributed by atoms with Crippen LogP contribution in [0.25, 0.3) is 0 Å². The van der Waals surface area contributed by atoms with Gasteiger partial charge in [-0.3, -0.25) is 23.7 Å². The quantitative estimate of drug-likeness (QED) is 0.360. The summed E-state index contributed by atoms with van der Waals surface area (Å²) in [7, 11) is 0. The molecule has 0 bridgehead atoms. The van der Waals surface area contributed by atoms with Crippen molar-refractivity contribution in [3.63, 3.8) is 0 Å². The summed E-state index contributed by atoms with van der Waals surface area (Å²) in [5.41, 5.74) is -2.20. The van der Waals surface area contributed by atoms with Gasteiger partial charge >= 0.3 is 30.1 Å². The van der Waals surface area contributed by atoms with E-state index in [0.717, 1.165) is 17.7 Å². The van der Waals surface area contributed by atoms with Gasteiger partial charge < -0.3 is 18.9 Å². The lowest BCUT2D eigenvalue weighted by Crippen LogP contribution is -2.43. The third-order valence-electron chi connectivity index (χ3n) is 4.01. The van der Waals surface area contributed by atoms with Crippen molar-refractivity contribution >= 4 is 17.9 Å². The van der Waals surface area contributed by atoms with E-state index in [4.69, 9.17) is 18.9 Å². The predicted octanol–water partition coefficient (Wildman–Crippen LogP) is 0.165. The lowest BCUT2D eigenvalue weighted by molar-refractivity contribution is -0.265. The maximum Gasteiger partial charge on any atom is 0.365 e. The second-order valence-electron chi connectivity index (χ2n) is 6.46. The van der Waals surface area contributed by atoms with Crippen molar-refractivity contribution in [2.75, 3.05) is 13.2 Å². The Morgan fingerprint density at radius 1 is 1.26 bits per heavy atom. The van der Waals surface area contributed by atoms with Crippen LogP contribution in [0, 0.1) is 5.82 Å². The summed E-state index contributed by atoms with van der Waals surface area (Å²) in [6.45, 7) is -0.368. The van der Waals surface area contributed by atoms with E-state index in [0.29, 0.717) is 30.4 Å². The van der Waals surface area contributed by atoms with Crippen LogP contribution in [0.5, 0.6) is 0 Å². The van der Waals surface area contributed by atoms with Gasteiger partial charge in [0.2, 0.25) is 5.82 Å². The van der Waals surface area contributed by atoms with Crippen LogP contribution in [0.15, 0.2) is 15.8 Å². The second-order valence-corrected chi connectivity index (χ2v) is 6.46. The number of halogens is 1.